The topological polar surface area (TPSA) is 96.0 Å². The van der Waals surface area contributed by atoms with Crippen LogP contribution in [0, 0.1) is 5.82 Å². The van der Waals surface area contributed by atoms with E-state index in [9.17, 15) is 22.4 Å². The van der Waals surface area contributed by atoms with E-state index in [0.29, 0.717) is 17.0 Å². The number of rotatable bonds is 13. The summed E-state index contributed by atoms with van der Waals surface area (Å²) in [6.07, 6.45) is 1.56. The normalized spacial score (nSPS) is 12.3. The lowest BCUT2D eigenvalue weighted by Gasteiger charge is -2.34. The Labute approximate surface area is 248 Å². The fourth-order valence-electron chi connectivity index (χ4n) is 4.61. The summed E-state index contributed by atoms with van der Waals surface area (Å²) in [5.41, 5.74) is 1.38. The van der Waals surface area contributed by atoms with Gasteiger partial charge in [-0.25, -0.2) is 12.8 Å². The minimum atomic E-state index is -3.68. The Kier molecular flexibility index (Phi) is 11.1. The van der Waals surface area contributed by atoms with E-state index < -0.39 is 27.4 Å². The molecule has 0 fully saturated rings. The van der Waals surface area contributed by atoms with Gasteiger partial charge in [-0.3, -0.25) is 13.9 Å². The fraction of sp³-hybridized carbons (Fsp3) is 0.375. The predicted octanol–water partition coefficient (Wildman–Crippen LogP) is 4.94. The van der Waals surface area contributed by atoms with Gasteiger partial charge in [0.15, 0.2) is 0 Å². The predicted molar refractivity (Wildman–Crippen MR) is 163 cm³/mol. The number of hydrogen-bond acceptors (Lipinski definition) is 5. The number of carbonyl (C=O) groups is 2. The maximum Gasteiger partial charge on any atom is 0.243 e. The van der Waals surface area contributed by atoms with Crippen molar-refractivity contribution in [3.8, 4) is 5.75 Å². The molecule has 0 saturated carbocycles. The molecular weight excluding hydrogens is 557 g/mol. The van der Waals surface area contributed by atoms with Crippen LogP contribution in [-0.4, -0.2) is 56.6 Å². The molecule has 1 unspecified atom stereocenters. The molecule has 0 aliphatic heterocycles. The zero-order chi connectivity index (χ0) is 30.9. The monoisotopic (exact) mass is 597 g/mol. The molecule has 10 heteroatoms. The second kappa shape index (κ2) is 14.3. The molecule has 1 N–H and O–H groups in total. The number of benzene rings is 3. The summed E-state index contributed by atoms with van der Waals surface area (Å²) in [7, 11) is -2.22. The van der Waals surface area contributed by atoms with Gasteiger partial charge in [0.05, 0.1) is 19.1 Å². The van der Waals surface area contributed by atoms with Gasteiger partial charge in [0.2, 0.25) is 21.8 Å². The number of hydrogen-bond donors (Lipinski definition) is 1. The van der Waals surface area contributed by atoms with Crippen molar-refractivity contribution in [1.29, 1.82) is 0 Å². The van der Waals surface area contributed by atoms with Gasteiger partial charge < -0.3 is 15.0 Å². The van der Waals surface area contributed by atoms with Crippen LogP contribution < -0.4 is 14.4 Å². The summed E-state index contributed by atoms with van der Waals surface area (Å²) in [5.74, 6) is -0.638. The molecular formula is C32H40FN3O5S. The molecule has 0 heterocycles. The molecule has 3 rings (SSSR count). The molecule has 1 atom stereocenters. The summed E-state index contributed by atoms with van der Waals surface area (Å²) in [6, 6.07) is 21.2. The van der Waals surface area contributed by atoms with E-state index in [1.165, 1.54) is 28.4 Å². The van der Waals surface area contributed by atoms with E-state index >= 15 is 0 Å². The first-order chi connectivity index (χ1) is 19.8. The van der Waals surface area contributed by atoms with Gasteiger partial charge in [0.25, 0.3) is 0 Å². The SMILES string of the molecule is COc1ccccc1N(CCCC(=O)N(Cc1ccc(F)cc1)C(Cc1ccccc1)C(=O)NC(C)(C)C)S(C)(=O)=O. The van der Waals surface area contributed by atoms with E-state index in [1.54, 1.807) is 36.4 Å². The molecule has 0 aliphatic carbocycles. The van der Waals surface area contributed by atoms with Crippen molar-refractivity contribution in [2.24, 2.45) is 0 Å². The zero-order valence-corrected chi connectivity index (χ0v) is 25.7. The molecule has 0 aromatic heterocycles. The van der Waals surface area contributed by atoms with Crippen molar-refractivity contribution >= 4 is 27.5 Å². The van der Waals surface area contributed by atoms with Crippen LogP contribution in [0.4, 0.5) is 10.1 Å². The van der Waals surface area contributed by atoms with Crippen molar-refractivity contribution in [3.05, 3.63) is 95.8 Å². The lowest BCUT2D eigenvalue weighted by molar-refractivity contribution is -0.142. The fourth-order valence-corrected chi connectivity index (χ4v) is 5.58. The first kappa shape index (κ1) is 32.6. The largest absolute Gasteiger partial charge is 0.495 e. The highest BCUT2D eigenvalue weighted by Gasteiger charge is 2.32. The van der Waals surface area contributed by atoms with Gasteiger partial charge in [-0.05, 0) is 62.6 Å². The molecule has 0 aliphatic rings. The second-order valence-corrected chi connectivity index (χ2v) is 13.1. The number of halogens is 1. The van der Waals surface area contributed by atoms with Crippen LogP contribution in [0.2, 0.25) is 0 Å². The molecule has 3 aromatic rings. The van der Waals surface area contributed by atoms with Crippen LogP contribution >= 0.6 is 0 Å². The summed E-state index contributed by atoms with van der Waals surface area (Å²) in [4.78, 5) is 29.1. The quantitative estimate of drug-likeness (QED) is 0.301. The minimum Gasteiger partial charge on any atom is -0.495 e. The summed E-state index contributed by atoms with van der Waals surface area (Å²) in [5, 5.41) is 3.00. The van der Waals surface area contributed by atoms with E-state index in [-0.39, 0.29) is 44.2 Å². The molecule has 226 valence electrons. The lowest BCUT2D eigenvalue weighted by atomic mass is 10.00. The van der Waals surface area contributed by atoms with E-state index in [4.69, 9.17) is 4.74 Å². The van der Waals surface area contributed by atoms with E-state index in [0.717, 1.165) is 11.8 Å². The van der Waals surface area contributed by atoms with Gasteiger partial charge >= 0.3 is 0 Å². The Balaban J connectivity index is 1.91. The first-order valence-electron chi connectivity index (χ1n) is 13.8. The molecule has 0 saturated heterocycles. The summed E-state index contributed by atoms with van der Waals surface area (Å²) < 4.78 is 45.7. The first-order valence-corrected chi connectivity index (χ1v) is 15.6. The molecule has 42 heavy (non-hydrogen) atoms. The molecule has 8 nitrogen and oxygen atoms in total. The average Bonchev–Trinajstić information content (AvgIpc) is 2.93. The van der Waals surface area contributed by atoms with Crippen molar-refractivity contribution in [3.63, 3.8) is 0 Å². The maximum absolute atomic E-state index is 13.9. The molecule has 0 bridgehead atoms. The Morgan fingerprint density at radius 2 is 1.55 bits per heavy atom. The molecule has 0 spiro atoms. The van der Waals surface area contributed by atoms with Crippen LogP contribution in [0.25, 0.3) is 0 Å². The van der Waals surface area contributed by atoms with Crippen molar-refractivity contribution in [1.82, 2.24) is 10.2 Å². The van der Waals surface area contributed by atoms with Crippen LogP contribution in [0.15, 0.2) is 78.9 Å². The van der Waals surface area contributed by atoms with Gasteiger partial charge in [-0.15, -0.1) is 0 Å². The van der Waals surface area contributed by atoms with Crippen molar-refractivity contribution in [2.45, 2.75) is 58.2 Å². The Morgan fingerprint density at radius 1 is 0.929 bits per heavy atom. The van der Waals surface area contributed by atoms with Crippen LogP contribution in [0.3, 0.4) is 0 Å². The maximum atomic E-state index is 13.9. The summed E-state index contributed by atoms with van der Waals surface area (Å²) in [6.45, 7) is 5.72. The smallest absolute Gasteiger partial charge is 0.243 e. The number of para-hydroxylation sites is 2. The van der Waals surface area contributed by atoms with Gasteiger partial charge in [0, 0.05) is 31.5 Å². The minimum absolute atomic E-state index is 0.0174. The number of amides is 2. The van der Waals surface area contributed by atoms with E-state index in [1.807, 2.05) is 51.1 Å². The lowest BCUT2D eigenvalue weighted by Crippen LogP contribution is -2.54. The van der Waals surface area contributed by atoms with Crippen LogP contribution in [-0.2, 0) is 32.6 Å². The van der Waals surface area contributed by atoms with Crippen molar-refractivity contribution in [2.75, 3.05) is 24.2 Å². The number of anilines is 1. The van der Waals surface area contributed by atoms with Gasteiger partial charge in [-0.2, -0.15) is 0 Å². The van der Waals surface area contributed by atoms with Gasteiger partial charge in [0.1, 0.15) is 17.6 Å². The number of carbonyl (C=O) groups excluding carboxylic acids is 2. The highest BCUT2D eigenvalue weighted by molar-refractivity contribution is 7.92. The Hall–Kier alpha value is -3.92. The third-order valence-electron chi connectivity index (χ3n) is 6.54. The van der Waals surface area contributed by atoms with Crippen LogP contribution in [0.1, 0.15) is 44.7 Å². The van der Waals surface area contributed by atoms with Crippen molar-refractivity contribution < 1.29 is 27.1 Å². The number of methoxy groups -OCH3 is 1. The van der Waals surface area contributed by atoms with E-state index in [2.05, 4.69) is 5.32 Å². The number of nitrogens with zero attached hydrogens (tertiary/aromatic N) is 2. The van der Waals surface area contributed by atoms with Gasteiger partial charge in [-0.1, -0.05) is 54.6 Å². The number of sulfonamides is 1. The Morgan fingerprint density at radius 3 is 2.14 bits per heavy atom. The Bertz CT molecular complexity index is 1440. The molecule has 3 aromatic carbocycles. The average molecular weight is 598 g/mol. The highest BCUT2D eigenvalue weighted by atomic mass is 32.2. The molecule has 0 radical (unpaired) electrons. The third-order valence-corrected chi connectivity index (χ3v) is 7.72. The third kappa shape index (κ3) is 9.58. The zero-order valence-electron chi connectivity index (χ0n) is 24.8. The molecule has 2 amide bonds. The number of ether oxygens (including phenoxy) is 1. The summed E-state index contributed by atoms with van der Waals surface area (Å²) >= 11 is 0. The second-order valence-electron chi connectivity index (χ2n) is 11.2. The number of nitrogens with one attached hydrogen (secondary N) is 1. The van der Waals surface area contributed by atoms with Crippen LogP contribution in [0.5, 0.6) is 5.75 Å². The highest BCUT2D eigenvalue weighted by Crippen LogP contribution is 2.30. The standard InChI is InChI=1S/C32H40FN3O5S/c1-32(2,3)34-31(38)28(22-24-12-7-6-8-13-24)35(23-25-17-19-26(33)20-18-25)30(37)16-11-21-36(42(5,39)40)27-14-9-10-15-29(27)41-4/h6-10,12-15,17-20,28H,11,16,21-23H2,1-5H3,(H,34,38).